The number of rotatable bonds is 4. The van der Waals surface area contributed by atoms with E-state index in [2.05, 4.69) is 0 Å². The molecule has 1 aromatic carbocycles. The summed E-state index contributed by atoms with van der Waals surface area (Å²) in [5, 5.41) is 2.00. The van der Waals surface area contributed by atoms with Crippen molar-refractivity contribution in [2.24, 2.45) is 0 Å². The number of carbonyl (C=O) groups is 2. The van der Waals surface area contributed by atoms with Crippen LogP contribution in [0.15, 0.2) is 24.2 Å². The summed E-state index contributed by atoms with van der Waals surface area (Å²) in [5.41, 5.74) is -0.576. The molecule has 0 saturated heterocycles. The SMILES string of the molecule is C[C@H](OC(=O)C1=COCCO1)C(=O)Nc1ccc(F)c(F)c1F. The van der Waals surface area contributed by atoms with E-state index in [0.29, 0.717) is 6.07 Å². The number of amides is 1. The Morgan fingerprint density at radius 2 is 1.96 bits per heavy atom. The molecule has 1 aliphatic heterocycles. The molecule has 0 radical (unpaired) electrons. The summed E-state index contributed by atoms with van der Waals surface area (Å²) in [5.74, 6) is -6.75. The van der Waals surface area contributed by atoms with Crippen LogP contribution in [0.25, 0.3) is 0 Å². The van der Waals surface area contributed by atoms with Crippen molar-refractivity contribution in [3.05, 3.63) is 41.6 Å². The maximum Gasteiger partial charge on any atom is 0.377 e. The molecule has 0 saturated carbocycles. The number of benzene rings is 1. The van der Waals surface area contributed by atoms with E-state index < -0.39 is 41.1 Å². The zero-order valence-corrected chi connectivity index (χ0v) is 11.9. The molecule has 23 heavy (non-hydrogen) atoms. The van der Waals surface area contributed by atoms with Gasteiger partial charge in [0.05, 0.1) is 5.69 Å². The maximum atomic E-state index is 13.5. The van der Waals surface area contributed by atoms with E-state index in [1.165, 1.54) is 6.92 Å². The van der Waals surface area contributed by atoms with Gasteiger partial charge in [0.1, 0.15) is 19.5 Å². The van der Waals surface area contributed by atoms with E-state index in [0.717, 1.165) is 12.3 Å². The summed E-state index contributed by atoms with van der Waals surface area (Å²) in [6.07, 6.45) is -0.285. The molecule has 2 rings (SSSR count). The molecule has 1 aliphatic rings. The van der Waals surface area contributed by atoms with Crippen LogP contribution in [-0.4, -0.2) is 31.2 Å². The van der Waals surface area contributed by atoms with E-state index in [1.807, 2.05) is 5.32 Å². The van der Waals surface area contributed by atoms with Gasteiger partial charge in [-0.1, -0.05) is 0 Å². The van der Waals surface area contributed by atoms with E-state index >= 15 is 0 Å². The van der Waals surface area contributed by atoms with Gasteiger partial charge in [-0.3, -0.25) is 4.79 Å². The van der Waals surface area contributed by atoms with Gasteiger partial charge in [0.15, 0.2) is 23.6 Å². The first-order valence-corrected chi connectivity index (χ1v) is 6.50. The molecule has 0 fully saturated rings. The lowest BCUT2D eigenvalue weighted by Crippen LogP contribution is -2.31. The predicted molar refractivity (Wildman–Crippen MR) is 70.5 cm³/mol. The van der Waals surface area contributed by atoms with Gasteiger partial charge in [-0.2, -0.15) is 0 Å². The van der Waals surface area contributed by atoms with Crippen molar-refractivity contribution in [3.8, 4) is 0 Å². The number of ether oxygens (including phenoxy) is 3. The molecule has 6 nitrogen and oxygen atoms in total. The molecule has 1 heterocycles. The first-order valence-electron chi connectivity index (χ1n) is 6.50. The minimum absolute atomic E-state index is 0.154. The smallest absolute Gasteiger partial charge is 0.377 e. The molecule has 1 atom stereocenters. The van der Waals surface area contributed by atoms with Crippen LogP contribution < -0.4 is 5.32 Å². The molecule has 9 heteroatoms. The summed E-state index contributed by atoms with van der Waals surface area (Å²) in [7, 11) is 0. The number of hydrogen-bond donors (Lipinski definition) is 1. The summed E-state index contributed by atoms with van der Waals surface area (Å²) >= 11 is 0. The number of halogens is 3. The number of esters is 1. The summed E-state index contributed by atoms with van der Waals surface area (Å²) in [4.78, 5) is 23.5. The largest absolute Gasteiger partial charge is 0.493 e. The highest BCUT2D eigenvalue weighted by molar-refractivity contribution is 5.96. The Labute approximate surface area is 128 Å². The number of carbonyl (C=O) groups excluding carboxylic acids is 2. The van der Waals surface area contributed by atoms with Crippen molar-refractivity contribution in [2.75, 3.05) is 18.5 Å². The fourth-order valence-corrected chi connectivity index (χ4v) is 1.60. The summed E-state index contributed by atoms with van der Waals surface area (Å²) < 4.78 is 54.0. The van der Waals surface area contributed by atoms with Crippen molar-refractivity contribution in [1.82, 2.24) is 0 Å². The molecular weight excluding hydrogens is 319 g/mol. The lowest BCUT2D eigenvalue weighted by molar-refractivity contribution is -0.153. The van der Waals surface area contributed by atoms with Gasteiger partial charge in [-0.05, 0) is 19.1 Å². The lowest BCUT2D eigenvalue weighted by Gasteiger charge is -2.17. The van der Waals surface area contributed by atoms with Gasteiger partial charge in [0, 0.05) is 0 Å². The van der Waals surface area contributed by atoms with E-state index in [4.69, 9.17) is 14.2 Å². The van der Waals surface area contributed by atoms with Crippen LogP contribution in [0.5, 0.6) is 0 Å². The van der Waals surface area contributed by atoms with Gasteiger partial charge in [0.2, 0.25) is 5.76 Å². The number of nitrogens with one attached hydrogen (secondary N) is 1. The lowest BCUT2D eigenvalue weighted by atomic mass is 10.2. The Hall–Kier alpha value is -2.71. The Kier molecular flexibility index (Phi) is 5.09. The maximum absolute atomic E-state index is 13.5. The molecule has 0 unspecified atom stereocenters. The molecule has 0 aliphatic carbocycles. The van der Waals surface area contributed by atoms with Gasteiger partial charge >= 0.3 is 5.97 Å². The van der Waals surface area contributed by atoms with Crippen LogP contribution in [-0.2, 0) is 23.8 Å². The summed E-state index contributed by atoms with van der Waals surface area (Å²) in [6.45, 7) is 1.65. The second kappa shape index (κ2) is 7.03. The van der Waals surface area contributed by atoms with Gasteiger partial charge in [-0.15, -0.1) is 0 Å². The Balaban J connectivity index is 1.99. The van der Waals surface area contributed by atoms with Crippen molar-refractivity contribution >= 4 is 17.6 Å². The number of hydrogen-bond acceptors (Lipinski definition) is 5. The van der Waals surface area contributed by atoms with E-state index in [1.54, 1.807) is 0 Å². The van der Waals surface area contributed by atoms with E-state index in [-0.39, 0.29) is 19.0 Å². The van der Waals surface area contributed by atoms with Gasteiger partial charge in [0.25, 0.3) is 5.91 Å². The van der Waals surface area contributed by atoms with Crippen molar-refractivity contribution in [3.63, 3.8) is 0 Å². The molecule has 1 aromatic rings. The highest BCUT2D eigenvalue weighted by Gasteiger charge is 2.24. The first-order chi connectivity index (χ1) is 10.9. The molecule has 0 bridgehead atoms. The molecule has 0 aromatic heterocycles. The average molecular weight is 331 g/mol. The first kappa shape index (κ1) is 16.7. The topological polar surface area (TPSA) is 73.9 Å². The zero-order chi connectivity index (χ0) is 17.0. The minimum atomic E-state index is -1.72. The van der Waals surface area contributed by atoms with Crippen LogP contribution in [0.2, 0.25) is 0 Å². The molecule has 0 spiro atoms. The fraction of sp³-hybridized carbons (Fsp3) is 0.286. The minimum Gasteiger partial charge on any atom is -0.493 e. The monoisotopic (exact) mass is 331 g/mol. The highest BCUT2D eigenvalue weighted by atomic mass is 19.2. The zero-order valence-electron chi connectivity index (χ0n) is 11.9. The van der Waals surface area contributed by atoms with Gasteiger partial charge < -0.3 is 19.5 Å². The molecule has 1 N–H and O–H groups in total. The standard InChI is InChI=1S/C14H12F3NO5/c1-7(23-14(20)10-6-21-4-5-22-10)13(19)18-9-3-2-8(15)11(16)12(9)17/h2-3,6-7H,4-5H2,1H3,(H,18,19)/t7-/m0/s1. The average Bonchev–Trinajstić information content (AvgIpc) is 2.56. The normalized spacial score (nSPS) is 14.9. The third-order valence-corrected chi connectivity index (χ3v) is 2.80. The van der Waals surface area contributed by atoms with Crippen LogP contribution in [0.1, 0.15) is 6.92 Å². The third-order valence-electron chi connectivity index (χ3n) is 2.80. The van der Waals surface area contributed by atoms with E-state index in [9.17, 15) is 22.8 Å². The second-order valence-electron chi connectivity index (χ2n) is 4.46. The van der Waals surface area contributed by atoms with Crippen molar-refractivity contribution in [1.29, 1.82) is 0 Å². The van der Waals surface area contributed by atoms with Crippen molar-refractivity contribution < 1.29 is 37.0 Å². The Morgan fingerprint density at radius 1 is 1.22 bits per heavy atom. The van der Waals surface area contributed by atoms with Gasteiger partial charge in [-0.25, -0.2) is 18.0 Å². The second-order valence-corrected chi connectivity index (χ2v) is 4.46. The molecule has 1 amide bonds. The van der Waals surface area contributed by atoms with Crippen LogP contribution >= 0.6 is 0 Å². The fourth-order valence-electron chi connectivity index (χ4n) is 1.60. The predicted octanol–water partition coefficient (Wildman–Crippen LogP) is 1.86. The van der Waals surface area contributed by atoms with Crippen LogP contribution in [0, 0.1) is 17.5 Å². The van der Waals surface area contributed by atoms with Crippen LogP contribution in [0.3, 0.4) is 0 Å². The van der Waals surface area contributed by atoms with Crippen molar-refractivity contribution in [2.45, 2.75) is 13.0 Å². The Morgan fingerprint density at radius 3 is 2.61 bits per heavy atom. The molecular formula is C14H12F3NO5. The number of anilines is 1. The Bertz CT molecular complexity index is 662. The quantitative estimate of drug-likeness (QED) is 0.673. The highest BCUT2D eigenvalue weighted by Crippen LogP contribution is 2.20. The third kappa shape index (κ3) is 3.93. The van der Waals surface area contributed by atoms with Crippen LogP contribution in [0.4, 0.5) is 18.9 Å². The summed E-state index contributed by atoms with van der Waals surface area (Å²) in [6, 6.07) is 1.50. The molecule has 124 valence electrons.